The highest BCUT2D eigenvalue weighted by Gasteiger charge is 2.21. The lowest BCUT2D eigenvalue weighted by molar-refractivity contribution is 0.439. The zero-order chi connectivity index (χ0) is 12.4. The summed E-state index contributed by atoms with van der Waals surface area (Å²) in [6.45, 7) is 2.93. The van der Waals surface area contributed by atoms with E-state index in [1.807, 2.05) is 4.68 Å². The number of aryl methyl sites for hydroxylation is 2. The lowest BCUT2D eigenvalue weighted by Crippen LogP contribution is -2.32. The van der Waals surface area contributed by atoms with Crippen LogP contribution in [0.5, 0.6) is 0 Å². The molecule has 1 aliphatic heterocycles. The fourth-order valence-corrected chi connectivity index (χ4v) is 2.21. The Hall–Kier alpha value is -1.98. The number of fused-ring (bicyclic) bond motifs is 1. The molecule has 0 fully saturated rings. The number of rotatable bonds is 3. The summed E-state index contributed by atoms with van der Waals surface area (Å²) < 4.78 is 2.01. The highest BCUT2D eigenvalue weighted by molar-refractivity contribution is 5.31. The molecule has 2 aromatic heterocycles. The quantitative estimate of drug-likeness (QED) is 0.874. The van der Waals surface area contributed by atoms with Gasteiger partial charge >= 0.3 is 0 Å². The molecule has 1 atom stereocenters. The topological polar surface area (TPSA) is 68.5 Å². The van der Waals surface area contributed by atoms with Crippen LogP contribution in [0.15, 0.2) is 18.6 Å². The van der Waals surface area contributed by atoms with Gasteiger partial charge in [0.05, 0.1) is 12.7 Å². The average Bonchev–Trinajstić information content (AvgIpc) is 2.82. The average molecular weight is 244 g/mol. The first kappa shape index (κ1) is 11.1. The summed E-state index contributed by atoms with van der Waals surface area (Å²) >= 11 is 0. The molecule has 3 heterocycles. The number of nitrogens with one attached hydrogen (secondary N) is 1. The Morgan fingerprint density at radius 1 is 1.44 bits per heavy atom. The van der Waals surface area contributed by atoms with Crippen LogP contribution in [0.4, 0.5) is 5.82 Å². The van der Waals surface area contributed by atoms with Crippen LogP contribution in [0.25, 0.3) is 0 Å². The molecule has 0 bridgehead atoms. The Morgan fingerprint density at radius 2 is 2.39 bits per heavy atom. The summed E-state index contributed by atoms with van der Waals surface area (Å²) in [6, 6.07) is 0.348. The maximum Gasteiger partial charge on any atom is 0.150 e. The molecule has 3 rings (SSSR count). The molecule has 0 aliphatic carbocycles. The van der Waals surface area contributed by atoms with E-state index in [1.54, 1.807) is 18.6 Å². The van der Waals surface area contributed by atoms with Crippen molar-refractivity contribution < 1.29 is 0 Å². The van der Waals surface area contributed by atoms with Gasteiger partial charge < -0.3 is 5.32 Å². The van der Waals surface area contributed by atoms with Gasteiger partial charge in [0, 0.05) is 31.3 Å². The van der Waals surface area contributed by atoms with Crippen LogP contribution in [-0.2, 0) is 19.4 Å². The zero-order valence-corrected chi connectivity index (χ0v) is 10.4. The summed E-state index contributed by atoms with van der Waals surface area (Å²) in [5, 5.41) is 7.88. The van der Waals surface area contributed by atoms with E-state index in [2.05, 4.69) is 32.3 Å². The Bertz CT molecular complexity index is 521. The van der Waals surface area contributed by atoms with E-state index in [-0.39, 0.29) is 0 Å². The second-order valence-corrected chi connectivity index (χ2v) is 4.45. The Morgan fingerprint density at radius 3 is 3.17 bits per heavy atom. The molecule has 0 radical (unpaired) electrons. The Labute approximate surface area is 105 Å². The molecule has 94 valence electrons. The van der Waals surface area contributed by atoms with Gasteiger partial charge in [-0.1, -0.05) is 6.92 Å². The van der Waals surface area contributed by atoms with E-state index in [9.17, 15) is 0 Å². The molecule has 18 heavy (non-hydrogen) atoms. The fraction of sp³-hybridized carbons (Fsp3) is 0.500. The second kappa shape index (κ2) is 4.72. The molecule has 2 aromatic rings. The van der Waals surface area contributed by atoms with Gasteiger partial charge in [-0.15, -0.1) is 0 Å². The van der Waals surface area contributed by atoms with Crippen molar-refractivity contribution in [2.45, 2.75) is 38.8 Å². The van der Waals surface area contributed by atoms with E-state index in [0.29, 0.717) is 6.04 Å². The van der Waals surface area contributed by atoms with Crippen molar-refractivity contribution in [3.63, 3.8) is 0 Å². The third-order valence-electron chi connectivity index (χ3n) is 3.13. The van der Waals surface area contributed by atoms with Crippen LogP contribution in [0.2, 0.25) is 0 Å². The van der Waals surface area contributed by atoms with E-state index in [1.165, 1.54) is 0 Å². The monoisotopic (exact) mass is 244 g/mol. The molecule has 0 aromatic carbocycles. The third-order valence-corrected chi connectivity index (χ3v) is 3.13. The first-order valence-corrected chi connectivity index (χ1v) is 6.30. The molecule has 0 amide bonds. The lowest BCUT2D eigenvalue weighted by Gasteiger charge is -2.23. The number of nitrogens with zero attached hydrogens (tertiary/aromatic N) is 5. The molecular weight excluding hydrogens is 228 g/mol. The minimum atomic E-state index is 0.348. The summed E-state index contributed by atoms with van der Waals surface area (Å²) in [5.74, 6) is 2.86. The number of anilines is 1. The maximum absolute atomic E-state index is 4.51. The first-order valence-electron chi connectivity index (χ1n) is 6.30. The first-order chi connectivity index (χ1) is 8.85. The normalized spacial score (nSPS) is 18.4. The van der Waals surface area contributed by atoms with Crippen molar-refractivity contribution >= 4 is 5.82 Å². The van der Waals surface area contributed by atoms with Crippen LogP contribution in [-0.4, -0.2) is 30.8 Å². The fourth-order valence-electron chi connectivity index (χ4n) is 2.21. The molecule has 6 heteroatoms. The third kappa shape index (κ3) is 2.18. The van der Waals surface area contributed by atoms with Crippen LogP contribution >= 0.6 is 0 Å². The SMILES string of the molecule is CCc1nc2n(n1)C[C@H](Nc1cnccn1)CC2. The molecule has 6 nitrogen and oxygen atoms in total. The molecule has 0 unspecified atom stereocenters. The summed E-state index contributed by atoms with van der Waals surface area (Å²) in [4.78, 5) is 12.8. The van der Waals surface area contributed by atoms with Crippen molar-refractivity contribution in [3.8, 4) is 0 Å². The predicted octanol–water partition coefficient (Wildman–Crippen LogP) is 1.06. The van der Waals surface area contributed by atoms with Crippen molar-refractivity contribution in [1.29, 1.82) is 0 Å². The smallest absolute Gasteiger partial charge is 0.150 e. The summed E-state index contributed by atoms with van der Waals surface area (Å²) in [6.07, 6.45) is 8.02. The number of hydrogen-bond donors (Lipinski definition) is 1. The maximum atomic E-state index is 4.51. The van der Waals surface area contributed by atoms with E-state index in [0.717, 1.165) is 43.3 Å². The minimum Gasteiger partial charge on any atom is -0.364 e. The van der Waals surface area contributed by atoms with Crippen molar-refractivity contribution in [2.75, 3.05) is 5.32 Å². The number of hydrogen-bond acceptors (Lipinski definition) is 5. The van der Waals surface area contributed by atoms with Crippen molar-refractivity contribution in [3.05, 3.63) is 30.2 Å². The van der Waals surface area contributed by atoms with Crippen LogP contribution in [0, 0.1) is 0 Å². The van der Waals surface area contributed by atoms with E-state index >= 15 is 0 Å². The molecule has 0 saturated heterocycles. The van der Waals surface area contributed by atoms with Gasteiger partial charge in [-0.25, -0.2) is 14.6 Å². The van der Waals surface area contributed by atoms with Gasteiger partial charge in [0.1, 0.15) is 11.6 Å². The molecule has 1 aliphatic rings. The molecule has 0 spiro atoms. The van der Waals surface area contributed by atoms with Crippen molar-refractivity contribution in [2.24, 2.45) is 0 Å². The molecular formula is C12H16N6. The van der Waals surface area contributed by atoms with Gasteiger partial charge in [0.2, 0.25) is 0 Å². The standard InChI is InChI=1S/C12H16N6/c1-2-10-16-12-4-3-9(8-18(12)17-10)15-11-7-13-5-6-14-11/h5-7,9H,2-4,8H2,1H3,(H,14,15)/t9-/m1/s1. The zero-order valence-electron chi connectivity index (χ0n) is 10.4. The molecule has 0 saturated carbocycles. The minimum absolute atomic E-state index is 0.348. The van der Waals surface area contributed by atoms with E-state index < -0.39 is 0 Å². The molecule has 1 N–H and O–H groups in total. The van der Waals surface area contributed by atoms with Crippen LogP contribution < -0.4 is 5.32 Å². The highest BCUT2D eigenvalue weighted by atomic mass is 15.4. The number of aromatic nitrogens is 5. The van der Waals surface area contributed by atoms with Gasteiger partial charge in [-0.3, -0.25) is 4.98 Å². The van der Waals surface area contributed by atoms with Crippen molar-refractivity contribution in [1.82, 2.24) is 24.7 Å². The van der Waals surface area contributed by atoms with Gasteiger partial charge in [0.15, 0.2) is 5.82 Å². The summed E-state index contributed by atoms with van der Waals surface area (Å²) in [7, 11) is 0. The summed E-state index contributed by atoms with van der Waals surface area (Å²) in [5.41, 5.74) is 0. The largest absolute Gasteiger partial charge is 0.364 e. The van der Waals surface area contributed by atoms with E-state index in [4.69, 9.17) is 0 Å². The lowest BCUT2D eigenvalue weighted by atomic mass is 10.1. The second-order valence-electron chi connectivity index (χ2n) is 4.45. The van der Waals surface area contributed by atoms with Gasteiger partial charge in [0.25, 0.3) is 0 Å². The predicted molar refractivity (Wildman–Crippen MR) is 67.2 cm³/mol. The van der Waals surface area contributed by atoms with Gasteiger partial charge in [-0.05, 0) is 6.42 Å². The Balaban J connectivity index is 1.71. The highest BCUT2D eigenvalue weighted by Crippen LogP contribution is 2.16. The Kier molecular flexibility index (Phi) is 2.92. The van der Waals surface area contributed by atoms with Crippen LogP contribution in [0.1, 0.15) is 25.0 Å². The van der Waals surface area contributed by atoms with Crippen LogP contribution in [0.3, 0.4) is 0 Å². The van der Waals surface area contributed by atoms with Gasteiger partial charge in [-0.2, -0.15) is 5.10 Å².